The van der Waals surface area contributed by atoms with E-state index < -0.39 is 12.8 Å². The highest BCUT2D eigenvalue weighted by atomic mass is 32.2. The first-order valence-electron chi connectivity index (χ1n) is 7.02. The van der Waals surface area contributed by atoms with Gasteiger partial charge >= 0.3 is 6.18 Å². The fraction of sp³-hybridized carbons (Fsp3) is 1.00. The summed E-state index contributed by atoms with van der Waals surface area (Å²) in [5.74, 6) is 3.20. The predicted molar refractivity (Wildman–Crippen MR) is 71.5 cm³/mol. The average molecular weight is 297 g/mol. The molecule has 112 valence electrons. The van der Waals surface area contributed by atoms with Crippen LogP contribution in [0.4, 0.5) is 13.2 Å². The number of ether oxygens (including phenoxy) is 1. The molecule has 0 amide bonds. The maximum atomic E-state index is 12.1. The van der Waals surface area contributed by atoms with E-state index in [-0.39, 0.29) is 6.10 Å². The lowest BCUT2D eigenvalue weighted by Crippen LogP contribution is -2.40. The first kappa shape index (κ1) is 15.4. The van der Waals surface area contributed by atoms with Crippen LogP contribution in [-0.4, -0.2) is 43.0 Å². The van der Waals surface area contributed by atoms with Gasteiger partial charge < -0.3 is 10.1 Å². The van der Waals surface area contributed by atoms with Gasteiger partial charge in [-0.25, -0.2) is 0 Å². The molecule has 0 radical (unpaired) electrons. The molecule has 1 aliphatic carbocycles. The first-order valence-corrected chi connectivity index (χ1v) is 8.18. The van der Waals surface area contributed by atoms with Crippen molar-refractivity contribution in [1.82, 2.24) is 5.32 Å². The molecule has 6 heteroatoms. The second-order valence-electron chi connectivity index (χ2n) is 5.55. The topological polar surface area (TPSA) is 21.3 Å². The molecule has 3 unspecified atom stereocenters. The molecule has 2 fully saturated rings. The van der Waals surface area contributed by atoms with Crippen LogP contribution in [0.3, 0.4) is 0 Å². The van der Waals surface area contributed by atoms with Crippen LogP contribution in [0.5, 0.6) is 0 Å². The summed E-state index contributed by atoms with van der Waals surface area (Å²) in [5.41, 5.74) is 0. The Morgan fingerprint density at radius 2 is 2.05 bits per heavy atom. The summed E-state index contributed by atoms with van der Waals surface area (Å²) in [6.45, 7) is -0.104. The van der Waals surface area contributed by atoms with Crippen LogP contribution in [0.15, 0.2) is 0 Å². The van der Waals surface area contributed by atoms with Crippen LogP contribution in [0.2, 0.25) is 0 Å². The van der Waals surface area contributed by atoms with E-state index in [1.807, 2.05) is 11.8 Å². The third kappa shape index (κ3) is 5.92. The lowest BCUT2D eigenvalue weighted by molar-refractivity contribution is -0.188. The Labute approximate surface area is 116 Å². The van der Waals surface area contributed by atoms with Crippen molar-refractivity contribution in [3.8, 4) is 0 Å². The van der Waals surface area contributed by atoms with E-state index >= 15 is 0 Å². The summed E-state index contributed by atoms with van der Waals surface area (Å²) in [6.07, 6.45) is 0.320. The number of hydrogen-bond acceptors (Lipinski definition) is 3. The molecule has 0 bridgehead atoms. The molecule has 0 aromatic carbocycles. The molecule has 1 N–H and O–H groups in total. The highest BCUT2D eigenvalue weighted by Gasteiger charge is 2.31. The molecule has 0 aromatic rings. The van der Waals surface area contributed by atoms with E-state index in [9.17, 15) is 13.2 Å². The maximum Gasteiger partial charge on any atom is 0.411 e. The summed E-state index contributed by atoms with van der Waals surface area (Å²) in [6, 6.07) is 0.331. The number of alkyl halides is 3. The van der Waals surface area contributed by atoms with Gasteiger partial charge in [0, 0.05) is 6.04 Å². The van der Waals surface area contributed by atoms with Crippen LogP contribution >= 0.6 is 11.8 Å². The molecule has 1 aliphatic heterocycles. The van der Waals surface area contributed by atoms with Gasteiger partial charge in [0.25, 0.3) is 0 Å². The van der Waals surface area contributed by atoms with E-state index in [0.717, 1.165) is 38.1 Å². The second-order valence-corrected chi connectivity index (χ2v) is 6.70. The minimum atomic E-state index is -4.21. The number of rotatable bonds is 5. The molecule has 2 rings (SSSR count). The molecule has 1 heterocycles. The Balaban J connectivity index is 1.65. The van der Waals surface area contributed by atoms with E-state index in [0.29, 0.717) is 6.04 Å². The fourth-order valence-electron chi connectivity index (χ4n) is 2.77. The Bertz CT molecular complexity index is 269. The zero-order valence-electron chi connectivity index (χ0n) is 11.0. The van der Waals surface area contributed by atoms with Gasteiger partial charge in [-0.15, -0.1) is 0 Å². The molecule has 0 spiro atoms. The van der Waals surface area contributed by atoms with Gasteiger partial charge in [-0.1, -0.05) is 0 Å². The van der Waals surface area contributed by atoms with Crippen molar-refractivity contribution >= 4 is 11.8 Å². The second kappa shape index (κ2) is 7.18. The normalized spacial score (nSPS) is 32.7. The van der Waals surface area contributed by atoms with Crippen molar-refractivity contribution < 1.29 is 17.9 Å². The Kier molecular flexibility index (Phi) is 5.84. The number of hydrogen-bond donors (Lipinski definition) is 1. The van der Waals surface area contributed by atoms with Crippen molar-refractivity contribution in [3.05, 3.63) is 0 Å². The fourth-order valence-corrected chi connectivity index (χ4v) is 4.06. The van der Waals surface area contributed by atoms with Crippen molar-refractivity contribution in [2.24, 2.45) is 5.92 Å². The van der Waals surface area contributed by atoms with Gasteiger partial charge in [-0.3, -0.25) is 0 Å². The van der Waals surface area contributed by atoms with Gasteiger partial charge in [0.1, 0.15) is 6.61 Å². The first-order chi connectivity index (χ1) is 9.03. The van der Waals surface area contributed by atoms with Crippen LogP contribution in [0.1, 0.15) is 32.1 Å². The SMILES string of the molecule is FC(F)(F)COC1CCCC(NCC2CCSC2)C1. The Morgan fingerprint density at radius 3 is 2.74 bits per heavy atom. The lowest BCUT2D eigenvalue weighted by Gasteiger charge is -2.30. The van der Waals surface area contributed by atoms with Gasteiger partial charge in [-0.2, -0.15) is 24.9 Å². The van der Waals surface area contributed by atoms with Crippen molar-refractivity contribution in [3.63, 3.8) is 0 Å². The summed E-state index contributed by atoms with van der Waals surface area (Å²) in [7, 11) is 0. The third-order valence-electron chi connectivity index (χ3n) is 3.83. The zero-order chi connectivity index (χ0) is 13.7. The molecule has 0 aromatic heterocycles. The van der Waals surface area contributed by atoms with E-state index in [2.05, 4.69) is 5.32 Å². The summed E-state index contributed by atoms with van der Waals surface area (Å²) >= 11 is 1.99. The van der Waals surface area contributed by atoms with Crippen LogP contribution < -0.4 is 5.32 Å². The summed E-state index contributed by atoms with van der Waals surface area (Å²) < 4.78 is 41.3. The standard InChI is InChI=1S/C13H22F3NOS/c14-13(15,16)9-18-12-3-1-2-11(6-12)17-7-10-4-5-19-8-10/h10-12,17H,1-9H2. The predicted octanol–water partition coefficient (Wildman–Crippen LogP) is 3.22. The molecule has 1 saturated heterocycles. The summed E-state index contributed by atoms with van der Waals surface area (Å²) in [4.78, 5) is 0. The molecular formula is C13H22F3NOS. The minimum absolute atomic E-state index is 0.231. The molecule has 3 atom stereocenters. The monoisotopic (exact) mass is 297 g/mol. The van der Waals surface area contributed by atoms with Gasteiger partial charge in [0.2, 0.25) is 0 Å². The highest BCUT2D eigenvalue weighted by Crippen LogP contribution is 2.26. The average Bonchev–Trinajstić information content (AvgIpc) is 2.87. The molecule has 2 aliphatic rings. The van der Waals surface area contributed by atoms with Gasteiger partial charge in [-0.05, 0) is 56.1 Å². The smallest absolute Gasteiger partial charge is 0.369 e. The molecule has 1 saturated carbocycles. The molecule has 2 nitrogen and oxygen atoms in total. The largest absolute Gasteiger partial charge is 0.411 e. The Morgan fingerprint density at radius 1 is 1.21 bits per heavy atom. The summed E-state index contributed by atoms with van der Waals surface area (Å²) in [5, 5.41) is 3.52. The van der Waals surface area contributed by atoms with Crippen LogP contribution in [-0.2, 0) is 4.74 Å². The van der Waals surface area contributed by atoms with Crippen LogP contribution in [0.25, 0.3) is 0 Å². The van der Waals surface area contributed by atoms with Crippen molar-refractivity contribution in [2.45, 2.75) is 50.4 Å². The minimum Gasteiger partial charge on any atom is -0.369 e. The van der Waals surface area contributed by atoms with E-state index in [4.69, 9.17) is 4.74 Å². The number of nitrogens with one attached hydrogen (secondary N) is 1. The third-order valence-corrected chi connectivity index (χ3v) is 5.06. The van der Waals surface area contributed by atoms with Crippen molar-refractivity contribution in [2.75, 3.05) is 24.7 Å². The van der Waals surface area contributed by atoms with Gasteiger partial charge in [0.15, 0.2) is 0 Å². The quantitative estimate of drug-likeness (QED) is 0.842. The van der Waals surface area contributed by atoms with E-state index in [1.54, 1.807) is 0 Å². The molecular weight excluding hydrogens is 275 g/mol. The number of thioether (sulfide) groups is 1. The Hall–Kier alpha value is 0.0600. The lowest BCUT2D eigenvalue weighted by atomic mass is 9.92. The zero-order valence-corrected chi connectivity index (χ0v) is 11.9. The van der Waals surface area contributed by atoms with E-state index in [1.165, 1.54) is 17.9 Å². The highest BCUT2D eigenvalue weighted by molar-refractivity contribution is 7.99. The maximum absolute atomic E-state index is 12.1. The van der Waals surface area contributed by atoms with Crippen LogP contribution in [0, 0.1) is 5.92 Å². The van der Waals surface area contributed by atoms with Crippen molar-refractivity contribution in [1.29, 1.82) is 0 Å². The number of halogens is 3. The molecule has 19 heavy (non-hydrogen) atoms. The van der Waals surface area contributed by atoms with Gasteiger partial charge in [0.05, 0.1) is 6.10 Å².